The van der Waals surface area contributed by atoms with Gasteiger partial charge in [0.1, 0.15) is 5.54 Å². The molecule has 192 valence electrons. The van der Waals surface area contributed by atoms with Crippen LogP contribution in [0, 0.1) is 23.2 Å². The van der Waals surface area contributed by atoms with E-state index in [-0.39, 0.29) is 5.92 Å². The molecule has 4 nitrogen and oxygen atoms in total. The second-order valence-electron chi connectivity index (χ2n) is 9.02. The lowest BCUT2D eigenvalue weighted by Gasteiger charge is -2.42. The number of hydrogen-bond donors (Lipinski definition) is 1. The Labute approximate surface area is 218 Å². The molecule has 0 aliphatic carbocycles. The fourth-order valence-corrected chi connectivity index (χ4v) is 5.93. The minimum absolute atomic E-state index is 0.206. The van der Waals surface area contributed by atoms with Crippen LogP contribution in [0.2, 0.25) is 0 Å². The third-order valence-corrected chi connectivity index (χ3v) is 7.70. The highest BCUT2D eigenvalue weighted by atomic mass is 32.1. The highest BCUT2D eigenvalue weighted by Crippen LogP contribution is 2.45. The monoisotopic (exact) mass is 494 g/mol. The van der Waals surface area contributed by atoms with Crippen LogP contribution in [-0.4, -0.2) is 29.9 Å². The van der Waals surface area contributed by atoms with Crippen LogP contribution in [0.15, 0.2) is 53.4 Å². The second-order valence-corrected chi connectivity index (χ2v) is 9.93. The molecule has 0 spiro atoms. The number of nitrogens with zero attached hydrogens (tertiary/aromatic N) is 3. The van der Waals surface area contributed by atoms with Crippen LogP contribution >= 0.6 is 11.3 Å². The molecule has 1 aliphatic rings. The smallest absolute Gasteiger partial charge is 0.100 e. The van der Waals surface area contributed by atoms with Gasteiger partial charge in [0.05, 0.1) is 17.5 Å². The standard InChI is InChI=1S/C26H34N4S.2C2H6/c1-6-24(21-10-12-30(13-11-21)18(2)3)26(5,29-19(4)28)25-15-23(17-31-25)22-9-7-8-20(14-22)16-27;2*1-2/h6-9,14-15,17-18,21,24H,1,10-13H2,2-5H3,(H2,28,29);2*1-2H3. The number of benzene rings is 1. The van der Waals surface area contributed by atoms with E-state index in [1.54, 1.807) is 11.3 Å². The molecule has 35 heavy (non-hydrogen) atoms. The first-order valence-electron chi connectivity index (χ1n) is 13.1. The molecule has 2 unspecified atom stereocenters. The van der Waals surface area contributed by atoms with Crippen molar-refractivity contribution in [3.63, 3.8) is 0 Å². The molecule has 1 aromatic carbocycles. The van der Waals surface area contributed by atoms with Crippen molar-refractivity contribution < 1.29 is 0 Å². The van der Waals surface area contributed by atoms with Gasteiger partial charge in [0, 0.05) is 16.8 Å². The van der Waals surface area contributed by atoms with Gasteiger partial charge in [-0.3, -0.25) is 4.99 Å². The van der Waals surface area contributed by atoms with E-state index < -0.39 is 5.54 Å². The number of rotatable bonds is 7. The predicted octanol–water partition coefficient (Wildman–Crippen LogP) is 7.85. The van der Waals surface area contributed by atoms with Crippen molar-refractivity contribution in [2.75, 3.05) is 13.1 Å². The molecule has 0 amide bonds. The first-order valence-corrected chi connectivity index (χ1v) is 13.9. The maximum atomic E-state index is 9.25. The van der Waals surface area contributed by atoms with E-state index >= 15 is 0 Å². The van der Waals surface area contributed by atoms with Gasteiger partial charge in [-0.1, -0.05) is 45.9 Å². The van der Waals surface area contributed by atoms with Gasteiger partial charge in [0.25, 0.3) is 0 Å². The molecule has 2 atom stereocenters. The molecule has 1 aromatic heterocycles. The van der Waals surface area contributed by atoms with Crippen LogP contribution in [0.5, 0.6) is 0 Å². The van der Waals surface area contributed by atoms with Crippen molar-refractivity contribution in [3.05, 3.63) is 58.8 Å². The van der Waals surface area contributed by atoms with Gasteiger partial charge in [-0.05, 0) is 94.3 Å². The molecule has 0 radical (unpaired) electrons. The average molecular weight is 495 g/mol. The van der Waals surface area contributed by atoms with E-state index in [4.69, 9.17) is 10.7 Å². The third-order valence-electron chi connectivity index (χ3n) is 6.55. The van der Waals surface area contributed by atoms with Crippen LogP contribution in [0.1, 0.15) is 78.7 Å². The molecule has 3 rings (SSSR count). The molecule has 0 bridgehead atoms. The van der Waals surface area contributed by atoms with Crippen molar-refractivity contribution in [1.29, 1.82) is 5.26 Å². The van der Waals surface area contributed by atoms with E-state index in [0.717, 1.165) is 37.1 Å². The van der Waals surface area contributed by atoms with E-state index in [2.05, 4.69) is 55.8 Å². The summed E-state index contributed by atoms with van der Waals surface area (Å²) in [5.74, 6) is 1.32. The normalized spacial score (nSPS) is 17.2. The summed E-state index contributed by atoms with van der Waals surface area (Å²) in [5, 5.41) is 11.4. The molecule has 0 saturated carbocycles. The zero-order valence-electron chi connectivity index (χ0n) is 23.1. The average Bonchev–Trinajstić information content (AvgIpc) is 3.38. The van der Waals surface area contributed by atoms with Crippen molar-refractivity contribution in [3.8, 4) is 17.2 Å². The largest absolute Gasteiger partial charge is 0.388 e. The lowest BCUT2D eigenvalue weighted by atomic mass is 9.72. The molecule has 5 heteroatoms. The zero-order valence-corrected chi connectivity index (χ0v) is 24.0. The molecule has 2 heterocycles. The van der Waals surface area contributed by atoms with Crippen molar-refractivity contribution in [1.82, 2.24) is 4.90 Å². The van der Waals surface area contributed by atoms with Gasteiger partial charge in [0.15, 0.2) is 0 Å². The summed E-state index contributed by atoms with van der Waals surface area (Å²) >= 11 is 1.72. The lowest BCUT2D eigenvalue weighted by Crippen LogP contribution is -2.43. The summed E-state index contributed by atoms with van der Waals surface area (Å²) in [4.78, 5) is 8.73. The summed E-state index contributed by atoms with van der Waals surface area (Å²) in [5.41, 5.74) is 8.52. The molecular formula is C30H46N4S. The van der Waals surface area contributed by atoms with Gasteiger partial charge in [-0.25, -0.2) is 0 Å². The Bertz CT molecular complexity index is 972. The number of hydrogen-bond acceptors (Lipinski definition) is 4. The Balaban J connectivity index is 0.00000145. The van der Waals surface area contributed by atoms with E-state index in [1.807, 2.05) is 58.9 Å². The van der Waals surface area contributed by atoms with Gasteiger partial charge >= 0.3 is 0 Å². The molecule has 2 aromatic rings. The SMILES string of the molecule is C=CC(C1CCN(C(C)C)CC1)C(C)(N=C(C)N)c1cc(-c2cccc(C#N)c2)cs1.CC.CC. The number of thiophene rings is 1. The van der Waals surface area contributed by atoms with Crippen molar-refractivity contribution in [2.45, 2.75) is 79.8 Å². The van der Waals surface area contributed by atoms with Crippen LogP contribution in [0.4, 0.5) is 0 Å². The molecule has 1 saturated heterocycles. The third kappa shape index (κ3) is 7.78. The van der Waals surface area contributed by atoms with Gasteiger partial charge in [-0.15, -0.1) is 17.9 Å². The van der Waals surface area contributed by atoms with Gasteiger partial charge in [-0.2, -0.15) is 5.26 Å². The van der Waals surface area contributed by atoms with Crippen LogP contribution in [0.25, 0.3) is 11.1 Å². The van der Waals surface area contributed by atoms with Crippen molar-refractivity contribution in [2.24, 2.45) is 22.6 Å². The minimum Gasteiger partial charge on any atom is -0.388 e. The van der Waals surface area contributed by atoms with E-state index in [1.165, 1.54) is 4.88 Å². The summed E-state index contributed by atoms with van der Waals surface area (Å²) in [6.07, 6.45) is 4.38. The highest BCUT2D eigenvalue weighted by molar-refractivity contribution is 7.10. The summed E-state index contributed by atoms with van der Waals surface area (Å²) in [7, 11) is 0. The Hall–Kier alpha value is -2.42. The number of amidine groups is 1. The Kier molecular flexibility index (Phi) is 13.0. The quantitative estimate of drug-likeness (QED) is 0.242. The number of nitrogens with two attached hydrogens (primary N) is 1. The first kappa shape index (κ1) is 30.6. The summed E-state index contributed by atoms with van der Waals surface area (Å²) in [6.45, 7) is 23.1. The number of aliphatic imine (C=N–C) groups is 1. The van der Waals surface area contributed by atoms with Crippen LogP contribution in [-0.2, 0) is 5.54 Å². The fraction of sp³-hybridized carbons (Fsp3) is 0.533. The first-order chi connectivity index (χ1) is 16.8. The van der Waals surface area contributed by atoms with Crippen LogP contribution < -0.4 is 5.73 Å². The molecule has 1 fully saturated rings. The molecule has 1 aliphatic heterocycles. The molecule has 2 N–H and O–H groups in total. The fourth-order valence-electron chi connectivity index (χ4n) is 4.86. The Morgan fingerprint density at radius 3 is 2.34 bits per heavy atom. The number of piperidine rings is 1. The number of nitriles is 1. The predicted molar refractivity (Wildman–Crippen MR) is 155 cm³/mol. The topological polar surface area (TPSA) is 65.4 Å². The lowest BCUT2D eigenvalue weighted by molar-refractivity contribution is 0.110. The van der Waals surface area contributed by atoms with Crippen molar-refractivity contribution >= 4 is 17.2 Å². The van der Waals surface area contributed by atoms with Gasteiger partial charge < -0.3 is 10.6 Å². The Morgan fingerprint density at radius 2 is 1.83 bits per heavy atom. The summed E-state index contributed by atoms with van der Waals surface area (Å²) < 4.78 is 0. The Morgan fingerprint density at radius 1 is 1.20 bits per heavy atom. The maximum absolute atomic E-state index is 9.25. The van der Waals surface area contributed by atoms with E-state index in [0.29, 0.717) is 23.4 Å². The maximum Gasteiger partial charge on any atom is 0.100 e. The summed E-state index contributed by atoms with van der Waals surface area (Å²) in [6, 6.07) is 12.8. The van der Waals surface area contributed by atoms with Gasteiger partial charge in [0.2, 0.25) is 0 Å². The highest BCUT2D eigenvalue weighted by Gasteiger charge is 2.41. The van der Waals surface area contributed by atoms with E-state index in [9.17, 15) is 5.26 Å². The number of likely N-dealkylation sites (tertiary alicyclic amines) is 1. The second kappa shape index (κ2) is 14.9. The minimum atomic E-state index is -0.457. The molecular weight excluding hydrogens is 448 g/mol. The van der Waals surface area contributed by atoms with Crippen LogP contribution in [0.3, 0.4) is 0 Å². The zero-order chi connectivity index (χ0) is 26.6.